The molecular formula is C9H11Cl2N3O2S. The maximum Gasteiger partial charge on any atom is 0.325 e. The number of thiazole rings is 1. The average molecular weight is 296 g/mol. The minimum absolute atomic E-state index is 0. The van der Waals surface area contributed by atoms with Crippen molar-refractivity contribution >= 4 is 57.5 Å². The van der Waals surface area contributed by atoms with Crippen LogP contribution in [0.5, 0.6) is 0 Å². The monoisotopic (exact) mass is 295 g/mol. The molecule has 0 fully saturated rings. The minimum atomic E-state index is -1.05. The van der Waals surface area contributed by atoms with E-state index in [4.69, 9.17) is 16.6 Å². The third-order valence-corrected chi connectivity index (χ3v) is 2.90. The van der Waals surface area contributed by atoms with Crippen molar-refractivity contribution in [3.63, 3.8) is 0 Å². The zero-order valence-electron chi connectivity index (χ0n) is 8.49. The van der Waals surface area contributed by atoms with E-state index in [1.54, 1.807) is 18.2 Å². The summed E-state index contributed by atoms with van der Waals surface area (Å²) in [6.45, 7) is 0. The Morgan fingerprint density at radius 3 is 2.65 bits per heavy atom. The molecule has 5 nitrogen and oxygen atoms in total. The zero-order chi connectivity index (χ0) is 11.0. The molecule has 0 spiro atoms. The predicted octanol–water partition coefficient (Wildman–Crippen LogP) is 1.81. The third kappa shape index (κ3) is 3.19. The summed E-state index contributed by atoms with van der Waals surface area (Å²) in [6.07, 6.45) is 0. The lowest BCUT2D eigenvalue weighted by atomic mass is 10.1. The highest BCUT2D eigenvalue weighted by molar-refractivity contribution is 7.22. The van der Waals surface area contributed by atoms with Gasteiger partial charge in [0.25, 0.3) is 0 Å². The van der Waals surface area contributed by atoms with E-state index >= 15 is 0 Å². The van der Waals surface area contributed by atoms with Crippen molar-refractivity contribution in [2.45, 2.75) is 6.04 Å². The van der Waals surface area contributed by atoms with Gasteiger partial charge < -0.3 is 16.6 Å². The molecule has 0 saturated carbocycles. The second kappa shape index (κ2) is 6.02. The Hall–Kier alpha value is -1.08. The molecule has 0 aliphatic carbocycles. The highest BCUT2D eigenvalue weighted by Gasteiger charge is 2.15. The number of fused-ring (bicyclic) bond motifs is 1. The molecule has 5 N–H and O–H groups in total. The smallest absolute Gasteiger partial charge is 0.325 e. The number of aliphatic carboxylic acids is 1. The molecule has 0 aliphatic heterocycles. The molecule has 94 valence electrons. The fourth-order valence-corrected chi connectivity index (χ4v) is 2.08. The Morgan fingerprint density at radius 1 is 1.41 bits per heavy atom. The van der Waals surface area contributed by atoms with Crippen LogP contribution in [0.1, 0.15) is 11.6 Å². The van der Waals surface area contributed by atoms with E-state index in [2.05, 4.69) is 4.98 Å². The molecule has 1 atom stereocenters. The number of aromatic nitrogens is 1. The van der Waals surface area contributed by atoms with Crippen LogP contribution in [-0.4, -0.2) is 16.1 Å². The standard InChI is InChI=1S/C9H9N3O2S.2ClH/c10-7(8(13)14)4-1-2-5-6(3-4)15-9(11)12-5;;/h1-3,7H,10H2,(H2,11,12)(H,13,14);2*1H/t7-;;/m1../s1. The number of carboxylic acid groups (broad SMARTS) is 1. The van der Waals surface area contributed by atoms with Crippen molar-refractivity contribution in [1.29, 1.82) is 0 Å². The van der Waals surface area contributed by atoms with Gasteiger partial charge in [-0.25, -0.2) is 4.98 Å². The van der Waals surface area contributed by atoms with E-state index in [0.717, 1.165) is 10.2 Å². The number of halogens is 2. The molecule has 17 heavy (non-hydrogen) atoms. The van der Waals surface area contributed by atoms with Gasteiger partial charge in [-0.15, -0.1) is 24.8 Å². The minimum Gasteiger partial charge on any atom is -0.480 e. The van der Waals surface area contributed by atoms with Crippen LogP contribution in [0.25, 0.3) is 10.2 Å². The van der Waals surface area contributed by atoms with Crippen molar-refractivity contribution in [2.24, 2.45) is 5.73 Å². The average Bonchev–Trinajstić information content (AvgIpc) is 2.55. The third-order valence-electron chi connectivity index (χ3n) is 2.05. The number of carboxylic acids is 1. The molecule has 0 amide bonds. The topological polar surface area (TPSA) is 102 Å². The van der Waals surface area contributed by atoms with Gasteiger partial charge in [-0.3, -0.25) is 4.79 Å². The van der Waals surface area contributed by atoms with Gasteiger partial charge in [0.2, 0.25) is 0 Å². The number of carbonyl (C=O) groups is 1. The van der Waals surface area contributed by atoms with E-state index in [1.165, 1.54) is 11.3 Å². The van der Waals surface area contributed by atoms with Crippen molar-refractivity contribution < 1.29 is 9.90 Å². The lowest BCUT2D eigenvalue weighted by Gasteiger charge is -2.05. The number of hydrogen-bond donors (Lipinski definition) is 3. The first-order valence-electron chi connectivity index (χ1n) is 4.22. The number of benzene rings is 1. The number of nitrogens with two attached hydrogens (primary N) is 2. The van der Waals surface area contributed by atoms with Crippen molar-refractivity contribution in [3.05, 3.63) is 23.8 Å². The first-order valence-corrected chi connectivity index (χ1v) is 5.04. The molecule has 0 bridgehead atoms. The molecule has 0 aliphatic rings. The molecular weight excluding hydrogens is 285 g/mol. The summed E-state index contributed by atoms with van der Waals surface area (Å²) in [6, 6.07) is 4.08. The number of nitrogen functional groups attached to an aromatic ring is 1. The van der Waals surface area contributed by atoms with Gasteiger partial charge in [-0.05, 0) is 17.7 Å². The fraction of sp³-hybridized carbons (Fsp3) is 0.111. The maximum absolute atomic E-state index is 10.7. The van der Waals surface area contributed by atoms with Gasteiger partial charge in [0.15, 0.2) is 5.13 Å². The van der Waals surface area contributed by atoms with Crippen LogP contribution in [-0.2, 0) is 4.79 Å². The van der Waals surface area contributed by atoms with Gasteiger partial charge in [0.05, 0.1) is 10.2 Å². The predicted molar refractivity (Wildman–Crippen MR) is 73.1 cm³/mol. The van der Waals surface area contributed by atoms with E-state index in [1.807, 2.05) is 0 Å². The van der Waals surface area contributed by atoms with E-state index in [9.17, 15) is 4.79 Å². The molecule has 1 aromatic heterocycles. The second-order valence-corrected chi connectivity index (χ2v) is 4.16. The molecule has 0 unspecified atom stereocenters. The highest BCUT2D eigenvalue weighted by Crippen LogP contribution is 2.26. The zero-order valence-corrected chi connectivity index (χ0v) is 10.9. The molecule has 1 heterocycles. The van der Waals surface area contributed by atoms with Gasteiger partial charge in [0.1, 0.15) is 6.04 Å². The van der Waals surface area contributed by atoms with E-state index < -0.39 is 12.0 Å². The van der Waals surface area contributed by atoms with Crippen LogP contribution in [0.2, 0.25) is 0 Å². The summed E-state index contributed by atoms with van der Waals surface area (Å²) in [5, 5.41) is 9.21. The summed E-state index contributed by atoms with van der Waals surface area (Å²) in [4.78, 5) is 14.7. The Labute approximate surface area is 114 Å². The summed E-state index contributed by atoms with van der Waals surface area (Å²) in [5.74, 6) is -1.05. The molecule has 0 saturated heterocycles. The molecule has 1 aromatic carbocycles. The first-order chi connectivity index (χ1) is 7.08. The van der Waals surface area contributed by atoms with Crippen LogP contribution in [0.15, 0.2) is 18.2 Å². The number of nitrogens with zero attached hydrogens (tertiary/aromatic N) is 1. The van der Waals surface area contributed by atoms with Crippen LogP contribution in [0.3, 0.4) is 0 Å². The lowest BCUT2D eigenvalue weighted by Crippen LogP contribution is -2.20. The Bertz CT molecular complexity index is 532. The van der Waals surface area contributed by atoms with Crippen molar-refractivity contribution in [3.8, 4) is 0 Å². The summed E-state index contributed by atoms with van der Waals surface area (Å²) >= 11 is 1.31. The van der Waals surface area contributed by atoms with Gasteiger partial charge >= 0.3 is 5.97 Å². The van der Waals surface area contributed by atoms with Crippen LogP contribution < -0.4 is 11.5 Å². The largest absolute Gasteiger partial charge is 0.480 e. The summed E-state index contributed by atoms with van der Waals surface area (Å²) < 4.78 is 0.849. The van der Waals surface area contributed by atoms with E-state index in [0.29, 0.717) is 10.7 Å². The molecule has 0 radical (unpaired) electrons. The summed E-state index contributed by atoms with van der Waals surface area (Å²) in [5.41, 5.74) is 12.3. The first kappa shape index (κ1) is 15.9. The SMILES string of the molecule is Cl.Cl.Nc1nc2ccc([C@@H](N)C(=O)O)cc2s1. The fourth-order valence-electron chi connectivity index (χ4n) is 1.30. The number of rotatable bonds is 2. The number of anilines is 1. The Kier molecular flexibility index (Phi) is 5.63. The van der Waals surface area contributed by atoms with Crippen LogP contribution in [0.4, 0.5) is 5.13 Å². The van der Waals surface area contributed by atoms with Gasteiger partial charge in [0, 0.05) is 0 Å². The maximum atomic E-state index is 10.7. The molecule has 2 rings (SSSR count). The van der Waals surface area contributed by atoms with Gasteiger partial charge in [-0.2, -0.15) is 0 Å². The van der Waals surface area contributed by atoms with Crippen LogP contribution in [0, 0.1) is 0 Å². The Balaban J connectivity index is 0.00000128. The van der Waals surface area contributed by atoms with Gasteiger partial charge in [-0.1, -0.05) is 17.4 Å². The second-order valence-electron chi connectivity index (χ2n) is 3.10. The summed E-state index contributed by atoms with van der Waals surface area (Å²) in [7, 11) is 0. The number of hydrogen-bond acceptors (Lipinski definition) is 5. The lowest BCUT2D eigenvalue weighted by molar-refractivity contribution is -0.138. The normalized spacial score (nSPS) is 11.4. The molecule has 2 aromatic rings. The highest BCUT2D eigenvalue weighted by atomic mass is 35.5. The Morgan fingerprint density at radius 2 is 2.06 bits per heavy atom. The van der Waals surface area contributed by atoms with Crippen LogP contribution >= 0.6 is 36.2 Å². The molecule has 8 heteroatoms. The van der Waals surface area contributed by atoms with Crippen molar-refractivity contribution in [1.82, 2.24) is 4.98 Å². The van der Waals surface area contributed by atoms with E-state index in [-0.39, 0.29) is 24.8 Å². The quantitative estimate of drug-likeness (QED) is 0.784. The van der Waals surface area contributed by atoms with Crippen molar-refractivity contribution in [2.75, 3.05) is 5.73 Å².